The zero-order valence-corrected chi connectivity index (χ0v) is 22.8. The zero-order chi connectivity index (χ0) is 12.4. The number of unbranched alkanes of at least 4 members (excludes halogenated alkanes) is 1. The van der Waals surface area contributed by atoms with Gasteiger partial charge in [0, 0.05) is 9.79 Å². The number of rotatable bonds is 3. The summed E-state index contributed by atoms with van der Waals surface area (Å²) < 4.78 is 0. The highest BCUT2D eigenvalue weighted by atomic mass is 127. The van der Waals surface area contributed by atoms with Crippen molar-refractivity contribution in [3.63, 3.8) is 0 Å². The number of fused-ring (bicyclic) bond motifs is 2. The van der Waals surface area contributed by atoms with Crippen molar-refractivity contribution in [3.8, 4) is 0 Å². The average molecular weight is 785 g/mol. The molecule has 7 heteroatoms. The van der Waals surface area contributed by atoms with Gasteiger partial charge in [0.25, 0.3) is 0 Å². The minimum absolute atomic E-state index is 0. The third kappa shape index (κ3) is 7.31. The molecule has 1 heterocycles. The second kappa shape index (κ2) is 14.6. The van der Waals surface area contributed by atoms with Gasteiger partial charge in [-0.25, -0.2) is 0 Å². The minimum atomic E-state index is 0. The lowest BCUT2D eigenvalue weighted by molar-refractivity contribution is 0.794. The molecule has 0 radical (unpaired) electrons. The average Bonchev–Trinajstić information content (AvgIpc) is 2.43. The number of nitrogens with one attached hydrogen (secondary N) is 1. The fraction of sp³-hybridized carbons (Fsp3) is 0.250. The lowest BCUT2D eigenvalue weighted by Crippen LogP contribution is -2.03. The molecule has 2 nitrogen and oxygen atoms in total. The SMILES string of the molecule is CCCCc1cccc2c1Nc1ccccc1S2.I.I.I.I.O. The van der Waals surface area contributed by atoms with E-state index in [1.807, 2.05) is 11.8 Å². The van der Waals surface area contributed by atoms with E-state index in [1.165, 1.54) is 39.6 Å². The molecular weight excluding hydrogens is 762 g/mol. The van der Waals surface area contributed by atoms with Crippen molar-refractivity contribution < 1.29 is 5.48 Å². The minimum Gasteiger partial charge on any atom is -0.412 e. The molecule has 3 rings (SSSR count). The lowest BCUT2D eigenvalue weighted by atomic mass is 10.1. The summed E-state index contributed by atoms with van der Waals surface area (Å²) in [6.07, 6.45) is 3.66. The van der Waals surface area contributed by atoms with Crippen LogP contribution in [0.25, 0.3) is 0 Å². The van der Waals surface area contributed by atoms with Crippen LogP contribution in [0.2, 0.25) is 0 Å². The first-order valence-corrected chi connectivity index (χ1v) is 7.36. The van der Waals surface area contributed by atoms with Crippen LogP contribution in [0.4, 0.5) is 11.4 Å². The van der Waals surface area contributed by atoms with Crippen LogP contribution in [-0.4, -0.2) is 5.48 Å². The molecule has 2 aromatic carbocycles. The molecule has 1 aliphatic heterocycles. The summed E-state index contributed by atoms with van der Waals surface area (Å²) in [5.74, 6) is 0. The first-order chi connectivity index (χ1) is 8.88. The highest BCUT2D eigenvalue weighted by Gasteiger charge is 2.17. The molecule has 0 unspecified atom stereocenters. The van der Waals surface area contributed by atoms with E-state index in [1.54, 1.807) is 0 Å². The van der Waals surface area contributed by atoms with Crippen molar-refractivity contribution in [1.82, 2.24) is 0 Å². The molecule has 0 spiro atoms. The lowest BCUT2D eigenvalue weighted by Gasteiger charge is -2.23. The van der Waals surface area contributed by atoms with E-state index in [2.05, 4.69) is 54.7 Å². The summed E-state index contributed by atoms with van der Waals surface area (Å²) in [5, 5.41) is 3.60. The van der Waals surface area contributed by atoms with Crippen LogP contribution in [0, 0.1) is 0 Å². The van der Waals surface area contributed by atoms with Crippen LogP contribution >= 0.6 is 108 Å². The van der Waals surface area contributed by atoms with Gasteiger partial charge in [-0.1, -0.05) is 49.4 Å². The second-order valence-corrected chi connectivity index (χ2v) is 5.70. The third-order valence-electron chi connectivity index (χ3n) is 3.28. The first kappa shape index (κ1) is 29.2. The van der Waals surface area contributed by atoms with Crippen molar-refractivity contribution >= 4 is 119 Å². The van der Waals surface area contributed by atoms with Gasteiger partial charge < -0.3 is 10.8 Å². The topological polar surface area (TPSA) is 43.5 Å². The molecule has 0 aromatic heterocycles. The molecule has 0 amide bonds. The van der Waals surface area contributed by atoms with Crippen LogP contribution in [0.15, 0.2) is 52.3 Å². The van der Waals surface area contributed by atoms with Gasteiger partial charge >= 0.3 is 0 Å². The summed E-state index contributed by atoms with van der Waals surface area (Å²) >= 11 is 1.87. The number of hydrogen-bond acceptors (Lipinski definition) is 2. The summed E-state index contributed by atoms with van der Waals surface area (Å²) in [6.45, 7) is 2.24. The number of benzene rings is 2. The van der Waals surface area contributed by atoms with E-state index in [4.69, 9.17) is 0 Å². The maximum atomic E-state index is 3.60. The second-order valence-electron chi connectivity index (χ2n) is 4.62. The Morgan fingerprint density at radius 2 is 1.52 bits per heavy atom. The molecule has 1 aliphatic rings. The predicted octanol–water partition coefficient (Wildman–Crippen LogP) is 6.88. The number of aryl methyl sites for hydroxylation is 1. The Bertz CT molecular complexity index is 584. The quantitative estimate of drug-likeness (QED) is 0.295. The van der Waals surface area contributed by atoms with Crippen LogP contribution in [0.5, 0.6) is 0 Å². The van der Waals surface area contributed by atoms with Gasteiger partial charge in [-0.15, -0.1) is 95.9 Å². The number of hydrogen-bond donors (Lipinski definition) is 1. The fourth-order valence-corrected chi connectivity index (χ4v) is 3.33. The Morgan fingerprint density at radius 1 is 0.870 bits per heavy atom. The highest BCUT2D eigenvalue weighted by molar-refractivity contribution is 14.0. The molecule has 0 saturated heterocycles. The molecule has 132 valence electrons. The van der Waals surface area contributed by atoms with E-state index in [0.29, 0.717) is 0 Å². The van der Waals surface area contributed by atoms with Crippen molar-refractivity contribution in [2.24, 2.45) is 0 Å². The van der Waals surface area contributed by atoms with E-state index < -0.39 is 0 Å². The molecule has 23 heavy (non-hydrogen) atoms. The summed E-state index contributed by atoms with van der Waals surface area (Å²) in [7, 11) is 0. The van der Waals surface area contributed by atoms with E-state index in [9.17, 15) is 0 Å². The standard InChI is InChI=1S/C16H17NS.4HI.H2O/c1-2-3-7-12-8-6-11-15-16(12)17-13-9-4-5-10-14(13)18-15;;;;;/h4-6,8-11,17H,2-3,7H2,1H3;4*1H;1H2. The Hall–Kier alpha value is 1.47. The number of para-hydroxylation sites is 2. The van der Waals surface area contributed by atoms with Gasteiger partial charge in [0.2, 0.25) is 0 Å². The van der Waals surface area contributed by atoms with Crippen molar-refractivity contribution in [3.05, 3.63) is 48.0 Å². The van der Waals surface area contributed by atoms with Crippen LogP contribution in [-0.2, 0) is 6.42 Å². The van der Waals surface area contributed by atoms with Crippen LogP contribution in [0.3, 0.4) is 0 Å². The van der Waals surface area contributed by atoms with E-state index >= 15 is 0 Å². The van der Waals surface area contributed by atoms with E-state index in [-0.39, 0.29) is 101 Å². The maximum absolute atomic E-state index is 3.60. The molecule has 0 saturated carbocycles. The van der Waals surface area contributed by atoms with Crippen molar-refractivity contribution in [1.29, 1.82) is 0 Å². The van der Waals surface area contributed by atoms with Gasteiger partial charge in [-0.3, -0.25) is 0 Å². The van der Waals surface area contributed by atoms with E-state index in [0.717, 1.165) is 6.42 Å². The number of anilines is 2. The normalized spacial score (nSPS) is 9.78. The monoisotopic (exact) mass is 785 g/mol. The smallest absolute Gasteiger partial charge is 0.0558 e. The Morgan fingerprint density at radius 3 is 2.22 bits per heavy atom. The Labute approximate surface area is 211 Å². The highest BCUT2D eigenvalue weighted by Crippen LogP contribution is 2.45. The molecule has 0 fully saturated rings. The molecule has 0 bridgehead atoms. The molecule has 2 aromatic rings. The predicted molar refractivity (Wildman–Crippen MR) is 144 cm³/mol. The molecule has 0 atom stereocenters. The number of halogens is 4. The van der Waals surface area contributed by atoms with Gasteiger partial charge in [0.1, 0.15) is 0 Å². The Balaban J connectivity index is -0.000000800. The van der Waals surface area contributed by atoms with Gasteiger partial charge in [-0.05, 0) is 36.6 Å². The van der Waals surface area contributed by atoms with Crippen molar-refractivity contribution in [2.75, 3.05) is 5.32 Å². The Kier molecular flexibility index (Phi) is 18.6. The van der Waals surface area contributed by atoms with Gasteiger partial charge in [-0.2, -0.15) is 0 Å². The molecular formula is C16H23I4NOS. The molecule has 0 aliphatic carbocycles. The maximum Gasteiger partial charge on any atom is 0.0558 e. The van der Waals surface area contributed by atoms with Crippen LogP contribution < -0.4 is 5.32 Å². The van der Waals surface area contributed by atoms with Gasteiger partial charge in [0.15, 0.2) is 0 Å². The first-order valence-electron chi connectivity index (χ1n) is 6.54. The summed E-state index contributed by atoms with van der Waals surface area (Å²) in [5.41, 5.74) is 3.99. The van der Waals surface area contributed by atoms with Crippen LogP contribution in [0.1, 0.15) is 25.3 Å². The zero-order valence-electron chi connectivity index (χ0n) is 12.7. The third-order valence-corrected chi connectivity index (χ3v) is 4.41. The molecule has 3 N–H and O–H groups in total. The van der Waals surface area contributed by atoms with Gasteiger partial charge in [0.05, 0.1) is 11.4 Å². The summed E-state index contributed by atoms with van der Waals surface area (Å²) in [4.78, 5) is 2.67. The van der Waals surface area contributed by atoms with Crippen molar-refractivity contribution in [2.45, 2.75) is 36.0 Å². The summed E-state index contributed by atoms with van der Waals surface area (Å²) in [6, 6.07) is 15.1. The fourth-order valence-electron chi connectivity index (χ4n) is 2.29. The largest absolute Gasteiger partial charge is 0.412 e.